The van der Waals surface area contributed by atoms with E-state index in [1.165, 1.54) is 5.56 Å². The number of ether oxygens (including phenoxy) is 1. The Labute approximate surface area is 158 Å². The van der Waals surface area contributed by atoms with E-state index < -0.39 is 5.97 Å². The molecule has 0 fully saturated rings. The van der Waals surface area contributed by atoms with Gasteiger partial charge >= 0.3 is 5.97 Å². The van der Waals surface area contributed by atoms with Gasteiger partial charge in [-0.05, 0) is 49.7 Å². The van der Waals surface area contributed by atoms with Crippen LogP contribution in [0.3, 0.4) is 0 Å². The number of aromatic nitrogens is 2. The lowest BCUT2D eigenvalue weighted by Gasteiger charge is -2.11. The van der Waals surface area contributed by atoms with Crippen LogP contribution in [0.25, 0.3) is 28.0 Å². The molecule has 0 spiro atoms. The van der Waals surface area contributed by atoms with E-state index in [4.69, 9.17) is 4.74 Å². The Balaban J connectivity index is 1.98. The minimum Gasteiger partial charge on any atom is -0.461 e. The van der Waals surface area contributed by atoms with E-state index in [0.29, 0.717) is 12.3 Å². The molecule has 4 aromatic rings. The van der Waals surface area contributed by atoms with E-state index in [1.54, 1.807) is 13.0 Å². The highest BCUT2D eigenvalue weighted by molar-refractivity contribution is 5.93. The lowest BCUT2D eigenvalue weighted by atomic mass is 10.1. The Morgan fingerprint density at radius 2 is 1.74 bits per heavy atom. The van der Waals surface area contributed by atoms with Crippen LogP contribution in [0.4, 0.5) is 0 Å². The fourth-order valence-corrected chi connectivity index (χ4v) is 3.17. The molecule has 0 bridgehead atoms. The van der Waals surface area contributed by atoms with Gasteiger partial charge in [-0.15, -0.1) is 0 Å². The summed E-state index contributed by atoms with van der Waals surface area (Å²) < 4.78 is 7.21. The summed E-state index contributed by atoms with van der Waals surface area (Å²) in [7, 11) is 0. The number of rotatable bonds is 4. The van der Waals surface area contributed by atoms with E-state index >= 15 is 0 Å². The predicted octanol–water partition coefficient (Wildman–Crippen LogP) is 5.18. The molecule has 0 N–H and O–H groups in total. The molecule has 2 aromatic heterocycles. The van der Waals surface area contributed by atoms with Gasteiger partial charge in [-0.2, -0.15) is 0 Å². The van der Waals surface area contributed by atoms with Crippen LogP contribution in [0.2, 0.25) is 0 Å². The standard InChI is InChI=1S/C23H20N2O2/c1-3-27-23(26)20-14-11-18-15-21(17-7-5-4-6-8-17)25(22(18)24-20)19-12-9-16(2)10-13-19/h4-15H,3H2,1-2H3. The van der Waals surface area contributed by atoms with Gasteiger partial charge in [0.2, 0.25) is 0 Å². The maximum atomic E-state index is 12.2. The molecule has 0 unspecified atom stereocenters. The van der Waals surface area contributed by atoms with Gasteiger partial charge in [0.1, 0.15) is 5.65 Å². The van der Waals surface area contributed by atoms with Gasteiger partial charge in [-0.3, -0.25) is 4.57 Å². The first-order valence-electron chi connectivity index (χ1n) is 8.99. The van der Waals surface area contributed by atoms with Crippen molar-refractivity contribution in [1.29, 1.82) is 0 Å². The number of carbonyl (C=O) groups is 1. The first kappa shape index (κ1) is 17.0. The average Bonchev–Trinajstić information content (AvgIpc) is 3.08. The molecule has 2 aromatic carbocycles. The molecule has 4 nitrogen and oxygen atoms in total. The SMILES string of the molecule is CCOC(=O)c1ccc2cc(-c3ccccc3)n(-c3ccc(C)cc3)c2n1. The third kappa shape index (κ3) is 3.22. The maximum Gasteiger partial charge on any atom is 0.356 e. The Kier molecular flexibility index (Phi) is 4.47. The highest BCUT2D eigenvalue weighted by atomic mass is 16.5. The summed E-state index contributed by atoms with van der Waals surface area (Å²) in [4.78, 5) is 16.8. The quantitative estimate of drug-likeness (QED) is 0.473. The molecule has 0 aliphatic carbocycles. The van der Waals surface area contributed by atoms with Crippen LogP contribution in [0, 0.1) is 6.92 Å². The number of hydrogen-bond acceptors (Lipinski definition) is 3. The lowest BCUT2D eigenvalue weighted by Crippen LogP contribution is -2.08. The second-order valence-corrected chi connectivity index (χ2v) is 6.40. The summed E-state index contributed by atoms with van der Waals surface area (Å²) in [6, 6.07) is 24.2. The molecule has 0 saturated carbocycles. The molecule has 0 aliphatic rings. The molecule has 2 heterocycles. The van der Waals surface area contributed by atoms with Gasteiger partial charge in [0.15, 0.2) is 5.69 Å². The second-order valence-electron chi connectivity index (χ2n) is 6.40. The number of pyridine rings is 1. The number of esters is 1. The van der Waals surface area contributed by atoms with E-state index in [2.05, 4.69) is 58.9 Å². The summed E-state index contributed by atoms with van der Waals surface area (Å²) in [5.41, 5.74) is 5.37. The molecular formula is C23H20N2O2. The van der Waals surface area contributed by atoms with Gasteiger partial charge < -0.3 is 4.74 Å². The van der Waals surface area contributed by atoms with E-state index in [0.717, 1.165) is 28.0 Å². The van der Waals surface area contributed by atoms with Gasteiger partial charge in [-0.1, -0.05) is 48.0 Å². The van der Waals surface area contributed by atoms with E-state index in [1.807, 2.05) is 24.3 Å². The van der Waals surface area contributed by atoms with Crippen LogP contribution in [0.5, 0.6) is 0 Å². The summed E-state index contributed by atoms with van der Waals surface area (Å²) in [5, 5.41) is 0.975. The highest BCUT2D eigenvalue weighted by Gasteiger charge is 2.16. The fourth-order valence-electron chi connectivity index (χ4n) is 3.17. The maximum absolute atomic E-state index is 12.2. The molecule has 27 heavy (non-hydrogen) atoms. The molecule has 0 atom stereocenters. The Bertz CT molecular complexity index is 1100. The van der Waals surface area contributed by atoms with Gasteiger partial charge in [0.25, 0.3) is 0 Å². The van der Waals surface area contributed by atoms with Crippen molar-refractivity contribution in [2.24, 2.45) is 0 Å². The fraction of sp³-hybridized carbons (Fsp3) is 0.130. The zero-order valence-electron chi connectivity index (χ0n) is 15.3. The van der Waals surface area contributed by atoms with Crippen molar-refractivity contribution in [3.63, 3.8) is 0 Å². The second kappa shape index (κ2) is 7.08. The van der Waals surface area contributed by atoms with Crippen LogP contribution in [-0.2, 0) is 4.74 Å². The number of hydrogen-bond donors (Lipinski definition) is 0. The van der Waals surface area contributed by atoms with E-state index in [9.17, 15) is 4.79 Å². The third-order valence-electron chi connectivity index (χ3n) is 4.50. The topological polar surface area (TPSA) is 44.1 Å². The minimum absolute atomic E-state index is 0.315. The molecule has 0 radical (unpaired) electrons. The van der Waals surface area contributed by atoms with Crippen LogP contribution in [0.1, 0.15) is 23.0 Å². The van der Waals surface area contributed by atoms with Crippen molar-refractivity contribution in [3.8, 4) is 16.9 Å². The highest BCUT2D eigenvalue weighted by Crippen LogP contribution is 2.31. The minimum atomic E-state index is -0.405. The smallest absolute Gasteiger partial charge is 0.356 e. The first-order valence-corrected chi connectivity index (χ1v) is 8.99. The Morgan fingerprint density at radius 3 is 2.44 bits per heavy atom. The largest absolute Gasteiger partial charge is 0.461 e. The van der Waals surface area contributed by atoms with E-state index in [-0.39, 0.29) is 0 Å². The van der Waals surface area contributed by atoms with Crippen molar-refractivity contribution in [3.05, 3.63) is 84.1 Å². The molecule has 134 valence electrons. The number of carbonyl (C=O) groups excluding carboxylic acids is 1. The van der Waals surface area contributed by atoms with Crippen molar-refractivity contribution in [2.45, 2.75) is 13.8 Å². The molecule has 0 saturated heterocycles. The molecule has 0 amide bonds. The first-order chi connectivity index (χ1) is 13.2. The average molecular weight is 356 g/mol. The monoisotopic (exact) mass is 356 g/mol. The van der Waals surface area contributed by atoms with Gasteiger partial charge in [-0.25, -0.2) is 9.78 Å². The molecule has 4 heteroatoms. The predicted molar refractivity (Wildman–Crippen MR) is 107 cm³/mol. The van der Waals surface area contributed by atoms with Crippen molar-refractivity contribution in [1.82, 2.24) is 9.55 Å². The number of benzene rings is 2. The molecule has 0 aliphatic heterocycles. The van der Waals surface area contributed by atoms with Gasteiger partial charge in [0, 0.05) is 11.1 Å². The van der Waals surface area contributed by atoms with Crippen LogP contribution in [-0.4, -0.2) is 22.1 Å². The molecular weight excluding hydrogens is 336 g/mol. The summed E-state index contributed by atoms with van der Waals surface area (Å²) in [5.74, 6) is -0.405. The van der Waals surface area contributed by atoms with Crippen molar-refractivity contribution < 1.29 is 9.53 Å². The van der Waals surface area contributed by atoms with Crippen LogP contribution in [0.15, 0.2) is 72.8 Å². The number of nitrogens with zero attached hydrogens (tertiary/aromatic N) is 2. The normalized spacial score (nSPS) is 10.9. The number of fused-ring (bicyclic) bond motifs is 1. The van der Waals surface area contributed by atoms with Crippen molar-refractivity contribution >= 4 is 17.0 Å². The third-order valence-corrected chi connectivity index (χ3v) is 4.50. The van der Waals surface area contributed by atoms with Crippen molar-refractivity contribution in [2.75, 3.05) is 6.61 Å². The molecule has 4 rings (SSSR count). The van der Waals surface area contributed by atoms with Crippen LogP contribution < -0.4 is 0 Å². The summed E-state index contributed by atoms with van der Waals surface area (Å²) in [6.45, 7) is 4.18. The Hall–Kier alpha value is -3.40. The summed E-state index contributed by atoms with van der Waals surface area (Å²) in [6.07, 6.45) is 0. The summed E-state index contributed by atoms with van der Waals surface area (Å²) >= 11 is 0. The lowest BCUT2D eigenvalue weighted by molar-refractivity contribution is 0.0520. The number of aryl methyl sites for hydroxylation is 1. The zero-order valence-corrected chi connectivity index (χ0v) is 15.3. The van der Waals surface area contributed by atoms with Gasteiger partial charge in [0.05, 0.1) is 12.3 Å². The Morgan fingerprint density at radius 1 is 1.00 bits per heavy atom. The van der Waals surface area contributed by atoms with Crippen LogP contribution >= 0.6 is 0 Å². The zero-order chi connectivity index (χ0) is 18.8.